The highest BCUT2D eigenvalue weighted by Gasteiger charge is 2.28. The van der Waals surface area contributed by atoms with E-state index in [1.165, 1.54) is 6.07 Å². The first-order chi connectivity index (χ1) is 7.72. The third-order valence-electron chi connectivity index (χ3n) is 2.60. The van der Waals surface area contributed by atoms with Gasteiger partial charge in [0.2, 0.25) is 0 Å². The number of ether oxygens (including phenoxy) is 1. The van der Waals surface area contributed by atoms with Crippen LogP contribution in [0.25, 0.3) is 0 Å². The van der Waals surface area contributed by atoms with Crippen molar-refractivity contribution in [3.8, 4) is 11.5 Å². The van der Waals surface area contributed by atoms with E-state index in [0.29, 0.717) is 18.6 Å². The molecule has 0 saturated carbocycles. The lowest BCUT2D eigenvalue weighted by atomic mass is 9.97. The number of aromatic hydroxyl groups is 1. The Bertz CT molecular complexity index is 425. The second-order valence-electron chi connectivity index (χ2n) is 3.76. The summed E-state index contributed by atoms with van der Waals surface area (Å²) < 4.78 is 5.55. The molecule has 1 aromatic carbocycles. The fraction of sp³-hybridized carbons (Fsp3) is 0.333. The number of aldehydes is 1. The molecular formula is C12H12O4. The molecule has 1 N–H and O–H groups in total. The van der Waals surface area contributed by atoms with Gasteiger partial charge in [-0.1, -0.05) is 6.07 Å². The number of Topliss-reactive ketones (excluding diaryl/α,β-unsaturated/α-hetero) is 1. The normalized spacial score (nSPS) is 18.8. The van der Waals surface area contributed by atoms with Crippen LogP contribution in [-0.2, 0) is 4.79 Å². The number of carbonyl (C=O) groups excluding carboxylic acids is 2. The Hall–Kier alpha value is -1.84. The summed E-state index contributed by atoms with van der Waals surface area (Å²) in [6, 6.07) is 4.75. The molecule has 16 heavy (non-hydrogen) atoms. The number of fused-ring (bicyclic) bond motifs is 1. The Balaban J connectivity index is 2.23. The average Bonchev–Trinajstić information content (AvgIpc) is 2.26. The van der Waals surface area contributed by atoms with Gasteiger partial charge in [0.05, 0.1) is 0 Å². The van der Waals surface area contributed by atoms with Gasteiger partial charge in [0.1, 0.15) is 29.5 Å². The highest BCUT2D eigenvalue weighted by Crippen LogP contribution is 2.34. The summed E-state index contributed by atoms with van der Waals surface area (Å²) in [5.41, 5.74) is 0.254. The number of hydrogen-bond donors (Lipinski definition) is 1. The largest absolute Gasteiger partial charge is 0.507 e. The molecule has 1 aliphatic heterocycles. The van der Waals surface area contributed by atoms with Gasteiger partial charge in [-0.05, 0) is 18.6 Å². The lowest BCUT2D eigenvalue weighted by molar-refractivity contribution is -0.108. The Morgan fingerprint density at radius 2 is 2.31 bits per heavy atom. The lowest BCUT2D eigenvalue weighted by Gasteiger charge is -2.25. The monoisotopic (exact) mass is 220 g/mol. The van der Waals surface area contributed by atoms with Crippen LogP contribution in [0.1, 0.15) is 29.6 Å². The molecule has 0 aliphatic carbocycles. The fourth-order valence-electron chi connectivity index (χ4n) is 1.84. The Morgan fingerprint density at radius 1 is 1.50 bits per heavy atom. The van der Waals surface area contributed by atoms with Crippen molar-refractivity contribution in [3.63, 3.8) is 0 Å². The molecule has 1 aromatic rings. The minimum atomic E-state index is -0.257. The van der Waals surface area contributed by atoms with E-state index in [9.17, 15) is 14.7 Å². The van der Waals surface area contributed by atoms with Crippen LogP contribution in [0.5, 0.6) is 11.5 Å². The summed E-state index contributed by atoms with van der Waals surface area (Å²) in [4.78, 5) is 22.0. The predicted octanol–water partition coefficient (Wildman–Crippen LogP) is 1.71. The van der Waals surface area contributed by atoms with Crippen LogP contribution in [0.3, 0.4) is 0 Å². The van der Waals surface area contributed by atoms with Crippen LogP contribution >= 0.6 is 0 Å². The first kappa shape index (κ1) is 10.7. The van der Waals surface area contributed by atoms with Gasteiger partial charge in [-0.2, -0.15) is 0 Å². The molecule has 1 unspecified atom stereocenters. The molecule has 0 saturated heterocycles. The minimum absolute atomic E-state index is 0.0451. The maximum Gasteiger partial charge on any atom is 0.174 e. The van der Waals surface area contributed by atoms with Crippen LogP contribution in [0.15, 0.2) is 18.2 Å². The van der Waals surface area contributed by atoms with Crippen molar-refractivity contribution in [1.82, 2.24) is 0 Å². The molecule has 1 heterocycles. The quantitative estimate of drug-likeness (QED) is 0.787. The van der Waals surface area contributed by atoms with E-state index in [-0.39, 0.29) is 29.6 Å². The van der Waals surface area contributed by atoms with E-state index in [4.69, 9.17) is 4.74 Å². The van der Waals surface area contributed by atoms with Gasteiger partial charge in [-0.3, -0.25) is 4.79 Å². The van der Waals surface area contributed by atoms with Crippen LogP contribution < -0.4 is 4.74 Å². The van der Waals surface area contributed by atoms with Crippen LogP contribution in [-0.4, -0.2) is 23.3 Å². The van der Waals surface area contributed by atoms with Gasteiger partial charge < -0.3 is 14.6 Å². The number of hydrogen-bond acceptors (Lipinski definition) is 4. The SMILES string of the molecule is O=CCCC1CC(=O)c2c(O)cccc2O1. The molecule has 4 nitrogen and oxygen atoms in total. The molecule has 4 heteroatoms. The second kappa shape index (κ2) is 4.35. The van der Waals surface area contributed by atoms with Crippen molar-refractivity contribution in [3.05, 3.63) is 23.8 Å². The van der Waals surface area contributed by atoms with Crippen molar-refractivity contribution in [1.29, 1.82) is 0 Å². The highest BCUT2D eigenvalue weighted by molar-refractivity contribution is 6.02. The summed E-state index contributed by atoms with van der Waals surface area (Å²) in [5, 5.41) is 9.53. The van der Waals surface area contributed by atoms with E-state index >= 15 is 0 Å². The van der Waals surface area contributed by atoms with Gasteiger partial charge in [-0.25, -0.2) is 0 Å². The highest BCUT2D eigenvalue weighted by atomic mass is 16.5. The molecule has 1 aliphatic rings. The molecule has 84 valence electrons. The Labute approximate surface area is 92.8 Å². The summed E-state index contributed by atoms with van der Waals surface area (Å²) in [7, 11) is 0. The fourth-order valence-corrected chi connectivity index (χ4v) is 1.84. The van der Waals surface area contributed by atoms with Gasteiger partial charge >= 0.3 is 0 Å². The molecule has 0 radical (unpaired) electrons. The number of carbonyl (C=O) groups is 2. The zero-order chi connectivity index (χ0) is 11.5. The van der Waals surface area contributed by atoms with E-state index in [0.717, 1.165) is 6.29 Å². The number of phenolic OH excluding ortho intramolecular Hbond substituents is 1. The molecule has 0 bridgehead atoms. The van der Waals surface area contributed by atoms with Crippen molar-refractivity contribution in [2.24, 2.45) is 0 Å². The first-order valence-electron chi connectivity index (χ1n) is 5.18. The maximum absolute atomic E-state index is 11.8. The topological polar surface area (TPSA) is 63.6 Å². The standard InChI is InChI=1S/C12H12O4/c13-6-2-3-8-7-10(15)12-9(14)4-1-5-11(12)16-8/h1,4-6,8,14H,2-3,7H2. The maximum atomic E-state index is 11.8. The van der Waals surface area contributed by atoms with E-state index < -0.39 is 0 Å². The van der Waals surface area contributed by atoms with Gasteiger partial charge in [0.15, 0.2) is 5.78 Å². The van der Waals surface area contributed by atoms with Gasteiger partial charge in [0.25, 0.3) is 0 Å². The first-order valence-corrected chi connectivity index (χ1v) is 5.18. The average molecular weight is 220 g/mol. The molecule has 0 aromatic heterocycles. The van der Waals surface area contributed by atoms with Gasteiger partial charge in [0, 0.05) is 12.8 Å². The molecule has 2 rings (SSSR count). The third kappa shape index (κ3) is 1.91. The smallest absolute Gasteiger partial charge is 0.174 e. The zero-order valence-corrected chi connectivity index (χ0v) is 8.68. The molecule has 0 spiro atoms. The predicted molar refractivity (Wildman–Crippen MR) is 56.8 cm³/mol. The van der Waals surface area contributed by atoms with Crippen LogP contribution in [0.2, 0.25) is 0 Å². The number of benzene rings is 1. The lowest BCUT2D eigenvalue weighted by Crippen LogP contribution is -2.27. The van der Waals surface area contributed by atoms with Crippen LogP contribution in [0.4, 0.5) is 0 Å². The van der Waals surface area contributed by atoms with Crippen LogP contribution in [0, 0.1) is 0 Å². The van der Waals surface area contributed by atoms with Crippen molar-refractivity contribution in [2.45, 2.75) is 25.4 Å². The van der Waals surface area contributed by atoms with Gasteiger partial charge in [-0.15, -0.1) is 0 Å². The summed E-state index contributed by atoms with van der Waals surface area (Å²) >= 11 is 0. The molecule has 0 amide bonds. The summed E-state index contributed by atoms with van der Waals surface area (Å²) in [6.45, 7) is 0. The molecular weight excluding hydrogens is 208 g/mol. The second-order valence-corrected chi connectivity index (χ2v) is 3.76. The third-order valence-corrected chi connectivity index (χ3v) is 2.60. The zero-order valence-electron chi connectivity index (χ0n) is 8.68. The van der Waals surface area contributed by atoms with E-state index in [2.05, 4.69) is 0 Å². The number of ketones is 1. The number of rotatable bonds is 3. The van der Waals surface area contributed by atoms with Crippen molar-refractivity contribution >= 4 is 12.1 Å². The van der Waals surface area contributed by atoms with Crippen molar-refractivity contribution < 1.29 is 19.4 Å². The summed E-state index contributed by atoms with van der Waals surface area (Å²) in [5.74, 6) is 0.235. The number of phenols is 1. The van der Waals surface area contributed by atoms with E-state index in [1.54, 1.807) is 12.1 Å². The summed E-state index contributed by atoms with van der Waals surface area (Å²) in [6.07, 6.45) is 1.69. The minimum Gasteiger partial charge on any atom is -0.507 e. The van der Waals surface area contributed by atoms with E-state index in [1.807, 2.05) is 0 Å². The molecule has 0 fully saturated rings. The Morgan fingerprint density at radius 3 is 3.06 bits per heavy atom. The van der Waals surface area contributed by atoms with Crippen molar-refractivity contribution in [2.75, 3.05) is 0 Å². The molecule has 1 atom stereocenters. The Kier molecular flexibility index (Phi) is 2.90.